The highest BCUT2D eigenvalue weighted by molar-refractivity contribution is 7.69. The molecule has 0 aliphatic heterocycles. The lowest BCUT2D eigenvalue weighted by atomic mass is 10.2. The molecule has 0 aliphatic rings. The van der Waals surface area contributed by atoms with Crippen LogP contribution >= 0.6 is 18.9 Å². The molecule has 0 amide bonds. The minimum Gasteiger partial charge on any atom is -0.305 e. The van der Waals surface area contributed by atoms with Crippen LogP contribution < -0.4 is 4.62 Å². The second-order valence-corrected chi connectivity index (χ2v) is 7.79. The fourth-order valence-electron chi connectivity index (χ4n) is 2.21. The van der Waals surface area contributed by atoms with E-state index in [1.807, 2.05) is 0 Å². The molecule has 9 heteroatoms. The Labute approximate surface area is 136 Å². The predicted octanol–water partition coefficient (Wildman–Crippen LogP) is 3.49. The Balaban J connectivity index is 2.24. The van der Waals surface area contributed by atoms with Crippen LogP contribution in [-0.4, -0.2) is 27.8 Å². The lowest BCUT2D eigenvalue weighted by molar-refractivity contribution is 0.230. The number of aromatic nitrogens is 3. The highest BCUT2D eigenvalue weighted by atomic mass is 32.1. The van der Waals surface area contributed by atoms with Gasteiger partial charge in [0.2, 0.25) is 4.96 Å². The minimum atomic E-state index is -3.50. The predicted molar refractivity (Wildman–Crippen MR) is 86.8 cm³/mol. The van der Waals surface area contributed by atoms with Gasteiger partial charge in [0.15, 0.2) is 0 Å². The summed E-state index contributed by atoms with van der Waals surface area (Å²) >= 11 is 1.20. The topological polar surface area (TPSA) is 65.7 Å². The Bertz CT molecular complexity index is 852. The van der Waals surface area contributed by atoms with Crippen molar-refractivity contribution in [1.82, 2.24) is 14.6 Å². The number of benzene rings is 1. The molecule has 2 heterocycles. The van der Waals surface area contributed by atoms with E-state index in [-0.39, 0.29) is 19.0 Å². The van der Waals surface area contributed by atoms with E-state index in [0.717, 1.165) is 0 Å². The van der Waals surface area contributed by atoms with E-state index in [9.17, 15) is 8.96 Å². The molecule has 23 heavy (non-hydrogen) atoms. The molecule has 6 nitrogen and oxygen atoms in total. The van der Waals surface area contributed by atoms with Gasteiger partial charge in [-0.25, -0.2) is 13.9 Å². The molecule has 0 atom stereocenters. The Morgan fingerprint density at radius 1 is 1.22 bits per heavy atom. The van der Waals surface area contributed by atoms with E-state index >= 15 is 0 Å². The SMILES string of the molecule is CCOP(=O)(OCC)c1sc2ncnn2c1-c1ccc(F)cc1. The first-order valence-corrected chi connectivity index (χ1v) is 9.43. The monoisotopic (exact) mass is 355 g/mol. The number of nitrogens with zero attached hydrogens (tertiary/aromatic N) is 3. The first-order valence-electron chi connectivity index (χ1n) is 7.07. The van der Waals surface area contributed by atoms with Crippen molar-refractivity contribution in [2.75, 3.05) is 13.2 Å². The van der Waals surface area contributed by atoms with Gasteiger partial charge in [0, 0.05) is 5.56 Å². The zero-order valence-corrected chi connectivity index (χ0v) is 14.3. The number of hydrogen-bond acceptors (Lipinski definition) is 6. The smallest absolute Gasteiger partial charge is 0.305 e. The summed E-state index contributed by atoms with van der Waals surface area (Å²) in [7, 11) is -3.50. The van der Waals surface area contributed by atoms with Gasteiger partial charge in [0.25, 0.3) is 0 Å². The number of halogens is 1. The number of hydrogen-bond donors (Lipinski definition) is 0. The van der Waals surface area contributed by atoms with Crippen LogP contribution in [0.15, 0.2) is 30.6 Å². The summed E-state index contributed by atoms with van der Waals surface area (Å²) in [6.45, 7) is 3.99. The summed E-state index contributed by atoms with van der Waals surface area (Å²) in [5.41, 5.74) is 1.21. The van der Waals surface area contributed by atoms with Crippen LogP contribution in [0.5, 0.6) is 0 Å². The summed E-state index contributed by atoms with van der Waals surface area (Å²) in [5.74, 6) is -0.349. The lowest BCUT2D eigenvalue weighted by Crippen LogP contribution is -2.11. The summed E-state index contributed by atoms with van der Waals surface area (Å²) < 4.78 is 39.3. The fourth-order valence-corrected chi connectivity index (χ4v) is 5.49. The van der Waals surface area contributed by atoms with Crippen LogP contribution in [0.4, 0.5) is 4.39 Å². The number of rotatable bonds is 6. The van der Waals surface area contributed by atoms with Gasteiger partial charge in [-0.05, 0) is 38.1 Å². The zero-order chi connectivity index (χ0) is 16.4. The minimum absolute atomic E-state index is 0.244. The first kappa shape index (κ1) is 16.3. The van der Waals surface area contributed by atoms with Crippen molar-refractivity contribution in [3.8, 4) is 11.3 Å². The van der Waals surface area contributed by atoms with Crippen molar-refractivity contribution >= 4 is 28.5 Å². The molecule has 3 aromatic rings. The van der Waals surface area contributed by atoms with E-state index < -0.39 is 7.60 Å². The molecule has 0 saturated heterocycles. The van der Waals surface area contributed by atoms with Crippen LogP contribution in [0.1, 0.15) is 13.8 Å². The van der Waals surface area contributed by atoms with Crippen molar-refractivity contribution in [2.24, 2.45) is 0 Å². The molecule has 3 rings (SSSR count). The van der Waals surface area contributed by atoms with Gasteiger partial charge in [-0.15, -0.1) is 0 Å². The lowest BCUT2D eigenvalue weighted by Gasteiger charge is -2.16. The molecule has 0 fully saturated rings. The quantitative estimate of drug-likeness (QED) is 0.633. The molecule has 0 unspecified atom stereocenters. The Kier molecular flexibility index (Phi) is 4.59. The third-order valence-electron chi connectivity index (χ3n) is 3.08. The molecule has 0 radical (unpaired) electrons. The third-order valence-corrected chi connectivity index (χ3v) is 6.78. The first-order chi connectivity index (χ1) is 11.1. The average Bonchev–Trinajstić information content (AvgIpc) is 3.09. The van der Waals surface area contributed by atoms with Crippen LogP contribution in [0.3, 0.4) is 0 Å². The standard InChI is InChI=1S/C14H15FN3O3PS/c1-3-20-22(19,21-4-2)13-12(10-5-7-11(15)8-6-10)18-14(23-13)16-9-17-18/h5-9H,3-4H2,1-2H3. The van der Waals surface area contributed by atoms with E-state index in [4.69, 9.17) is 9.05 Å². The van der Waals surface area contributed by atoms with Crippen molar-refractivity contribution in [3.05, 3.63) is 36.4 Å². The highest BCUT2D eigenvalue weighted by Crippen LogP contribution is 2.51. The summed E-state index contributed by atoms with van der Waals surface area (Å²) in [6, 6.07) is 5.88. The van der Waals surface area contributed by atoms with Gasteiger partial charge in [-0.3, -0.25) is 4.57 Å². The van der Waals surface area contributed by atoms with E-state index in [2.05, 4.69) is 10.1 Å². The van der Waals surface area contributed by atoms with Crippen molar-refractivity contribution in [2.45, 2.75) is 13.8 Å². The van der Waals surface area contributed by atoms with Crippen LogP contribution in [0.25, 0.3) is 16.2 Å². The molecule has 0 spiro atoms. The summed E-state index contributed by atoms with van der Waals surface area (Å²) in [4.78, 5) is 4.71. The van der Waals surface area contributed by atoms with Crippen molar-refractivity contribution in [1.29, 1.82) is 0 Å². The van der Waals surface area contributed by atoms with Gasteiger partial charge in [0.1, 0.15) is 22.5 Å². The molecule has 1 aromatic carbocycles. The maximum Gasteiger partial charge on any atom is 0.373 e. The molecule has 0 aliphatic carbocycles. The van der Waals surface area contributed by atoms with Gasteiger partial charge in [0.05, 0.1) is 13.2 Å². The van der Waals surface area contributed by atoms with Crippen LogP contribution in [0, 0.1) is 5.82 Å². The number of thiazole rings is 1. The molecule has 2 aromatic heterocycles. The fraction of sp³-hybridized carbons (Fsp3) is 0.286. The van der Waals surface area contributed by atoms with Gasteiger partial charge in [-0.2, -0.15) is 5.10 Å². The maximum atomic E-state index is 13.2. The molecular formula is C14H15FN3O3PS. The van der Waals surface area contributed by atoms with Gasteiger partial charge in [-0.1, -0.05) is 11.3 Å². The highest BCUT2D eigenvalue weighted by Gasteiger charge is 2.35. The van der Waals surface area contributed by atoms with E-state index in [1.165, 1.54) is 29.8 Å². The Morgan fingerprint density at radius 3 is 2.48 bits per heavy atom. The molecule has 122 valence electrons. The van der Waals surface area contributed by atoms with Gasteiger partial charge >= 0.3 is 7.60 Å². The van der Waals surface area contributed by atoms with E-state index in [1.54, 1.807) is 30.5 Å². The van der Waals surface area contributed by atoms with E-state index in [0.29, 0.717) is 20.8 Å². The second-order valence-electron chi connectivity index (χ2n) is 4.55. The summed E-state index contributed by atoms with van der Waals surface area (Å²) in [5, 5.41) is 4.16. The van der Waals surface area contributed by atoms with Crippen molar-refractivity contribution in [3.63, 3.8) is 0 Å². The largest absolute Gasteiger partial charge is 0.373 e. The molecule has 0 N–H and O–H groups in total. The van der Waals surface area contributed by atoms with Crippen LogP contribution in [0.2, 0.25) is 0 Å². The van der Waals surface area contributed by atoms with Crippen LogP contribution in [-0.2, 0) is 13.6 Å². The molecule has 0 saturated carbocycles. The maximum absolute atomic E-state index is 13.2. The summed E-state index contributed by atoms with van der Waals surface area (Å²) in [6.07, 6.45) is 1.41. The third kappa shape index (κ3) is 2.95. The molecule has 0 bridgehead atoms. The second kappa shape index (κ2) is 6.49. The Hall–Kier alpha value is -1.60. The molecular weight excluding hydrogens is 340 g/mol. The van der Waals surface area contributed by atoms with Crippen molar-refractivity contribution < 1.29 is 18.0 Å². The average molecular weight is 355 g/mol. The zero-order valence-electron chi connectivity index (χ0n) is 12.6. The number of fused-ring (bicyclic) bond motifs is 1. The van der Waals surface area contributed by atoms with Gasteiger partial charge < -0.3 is 9.05 Å². The normalized spacial score (nSPS) is 12.1. The Morgan fingerprint density at radius 2 is 1.87 bits per heavy atom.